The first-order valence-corrected chi connectivity index (χ1v) is 12.7. The molecule has 4 aromatic rings. The summed E-state index contributed by atoms with van der Waals surface area (Å²) >= 11 is 1.69. The summed E-state index contributed by atoms with van der Waals surface area (Å²) in [6, 6.07) is 25.8. The second-order valence-corrected chi connectivity index (χ2v) is 10.1. The molecule has 2 aliphatic rings. The summed E-state index contributed by atoms with van der Waals surface area (Å²) in [4.78, 5) is 44.0. The number of benzene rings is 3. The average Bonchev–Trinajstić information content (AvgIpc) is 3.44. The second-order valence-electron chi connectivity index (χ2n) is 9.06. The number of hydrogen-bond acceptors (Lipinski definition) is 5. The fourth-order valence-corrected chi connectivity index (χ4v) is 6.03. The Balaban J connectivity index is 1.32. The third-order valence-corrected chi connectivity index (χ3v) is 7.91. The topological polar surface area (TPSA) is 82.9 Å². The van der Waals surface area contributed by atoms with Gasteiger partial charge in [0.15, 0.2) is 5.54 Å². The first-order valence-electron chi connectivity index (χ1n) is 11.7. The summed E-state index contributed by atoms with van der Waals surface area (Å²) in [5.74, 6) is 0.160. The molecular formula is C28H23N3O4S. The Hall–Kier alpha value is -4.04. The van der Waals surface area contributed by atoms with E-state index in [9.17, 15) is 14.4 Å². The maximum Gasteiger partial charge on any atom is 0.325 e. The summed E-state index contributed by atoms with van der Waals surface area (Å²) in [6.45, 7) is 1.23. The molecule has 180 valence electrons. The first-order chi connectivity index (χ1) is 17.5. The molecule has 3 heterocycles. The number of imide groups is 1. The fraction of sp³-hybridized carbons (Fsp3) is 0.179. The Morgan fingerprint density at radius 3 is 2.56 bits per heavy atom. The Bertz CT molecular complexity index is 1470. The molecule has 1 fully saturated rings. The van der Waals surface area contributed by atoms with Crippen molar-refractivity contribution in [3.8, 4) is 0 Å². The lowest BCUT2D eigenvalue weighted by Gasteiger charge is -2.37. The summed E-state index contributed by atoms with van der Waals surface area (Å²) in [5, 5.41) is 3.58. The van der Waals surface area contributed by atoms with Crippen LogP contribution in [0.3, 0.4) is 0 Å². The van der Waals surface area contributed by atoms with E-state index in [0.717, 1.165) is 26.4 Å². The molecule has 1 saturated heterocycles. The van der Waals surface area contributed by atoms with E-state index in [1.54, 1.807) is 35.7 Å². The maximum absolute atomic E-state index is 13.8. The number of furan rings is 1. The molecule has 6 rings (SSSR count). The van der Waals surface area contributed by atoms with Crippen LogP contribution >= 0.6 is 11.8 Å². The second kappa shape index (κ2) is 8.57. The van der Waals surface area contributed by atoms with Gasteiger partial charge in [-0.3, -0.25) is 14.5 Å². The molecule has 0 bridgehead atoms. The maximum atomic E-state index is 13.8. The third-order valence-electron chi connectivity index (χ3n) is 6.77. The van der Waals surface area contributed by atoms with Crippen molar-refractivity contribution in [1.82, 2.24) is 10.2 Å². The molecule has 2 aliphatic heterocycles. The number of carbonyl (C=O) groups excluding carboxylic acids is 3. The van der Waals surface area contributed by atoms with Gasteiger partial charge in [0.2, 0.25) is 5.91 Å². The van der Waals surface area contributed by atoms with Crippen LogP contribution in [-0.4, -0.2) is 35.0 Å². The summed E-state index contributed by atoms with van der Waals surface area (Å²) in [7, 11) is 0. The van der Waals surface area contributed by atoms with Crippen LogP contribution in [0.25, 0.3) is 11.0 Å². The van der Waals surface area contributed by atoms with Crippen LogP contribution in [-0.2, 0) is 15.1 Å². The molecule has 0 radical (unpaired) electrons. The molecule has 0 saturated carbocycles. The summed E-state index contributed by atoms with van der Waals surface area (Å²) < 4.78 is 5.90. The zero-order valence-corrected chi connectivity index (χ0v) is 20.3. The molecule has 0 aliphatic carbocycles. The van der Waals surface area contributed by atoms with Gasteiger partial charge in [-0.1, -0.05) is 60.7 Å². The number of para-hydroxylation sites is 2. The predicted molar refractivity (Wildman–Crippen MR) is 138 cm³/mol. The van der Waals surface area contributed by atoms with Crippen molar-refractivity contribution in [3.05, 3.63) is 96.3 Å². The first kappa shape index (κ1) is 22.4. The van der Waals surface area contributed by atoms with Crippen molar-refractivity contribution in [2.24, 2.45) is 0 Å². The minimum Gasteiger partial charge on any atom is -0.458 e. The van der Waals surface area contributed by atoms with E-state index in [4.69, 9.17) is 4.42 Å². The Morgan fingerprint density at radius 1 is 1.03 bits per heavy atom. The van der Waals surface area contributed by atoms with Crippen molar-refractivity contribution in [3.63, 3.8) is 0 Å². The molecule has 36 heavy (non-hydrogen) atoms. The number of rotatable bonds is 4. The monoisotopic (exact) mass is 497 g/mol. The van der Waals surface area contributed by atoms with E-state index >= 15 is 0 Å². The van der Waals surface area contributed by atoms with E-state index < -0.39 is 17.5 Å². The number of hydrogen-bond donors (Lipinski definition) is 1. The van der Waals surface area contributed by atoms with E-state index in [2.05, 4.69) is 5.32 Å². The van der Waals surface area contributed by atoms with E-state index in [-0.39, 0.29) is 18.5 Å². The molecule has 8 heteroatoms. The van der Waals surface area contributed by atoms with Crippen molar-refractivity contribution in [2.75, 3.05) is 17.2 Å². The van der Waals surface area contributed by atoms with Crippen molar-refractivity contribution < 1.29 is 18.8 Å². The highest BCUT2D eigenvalue weighted by molar-refractivity contribution is 7.99. The molecule has 1 aromatic heterocycles. The fourth-order valence-electron chi connectivity index (χ4n) is 4.87. The molecule has 2 atom stereocenters. The van der Waals surface area contributed by atoms with Gasteiger partial charge >= 0.3 is 6.03 Å². The highest BCUT2D eigenvalue weighted by atomic mass is 32.2. The van der Waals surface area contributed by atoms with Crippen molar-refractivity contribution in [2.45, 2.75) is 23.4 Å². The minimum absolute atomic E-state index is 0.221. The number of nitrogens with one attached hydrogen (secondary N) is 1. The van der Waals surface area contributed by atoms with Crippen LogP contribution in [0.4, 0.5) is 10.5 Å². The zero-order chi connectivity index (χ0) is 24.9. The highest BCUT2D eigenvalue weighted by Crippen LogP contribution is 2.43. The average molecular weight is 498 g/mol. The van der Waals surface area contributed by atoms with Crippen molar-refractivity contribution in [1.29, 1.82) is 0 Å². The molecule has 1 N–H and O–H groups in total. The SMILES string of the molecule is CC1(c2cc3ccccc3o2)NC(=O)N(CC(=O)N2c3ccccc3SCC2c2ccccc2)C1=O. The highest BCUT2D eigenvalue weighted by Gasteiger charge is 2.52. The molecular weight excluding hydrogens is 474 g/mol. The number of carbonyl (C=O) groups is 3. The smallest absolute Gasteiger partial charge is 0.325 e. The largest absolute Gasteiger partial charge is 0.458 e. The quantitative estimate of drug-likeness (QED) is 0.398. The Kier molecular flexibility index (Phi) is 5.34. The van der Waals surface area contributed by atoms with Gasteiger partial charge in [-0.25, -0.2) is 4.79 Å². The Morgan fingerprint density at radius 2 is 1.75 bits per heavy atom. The molecule has 2 unspecified atom stereocenters. The van der Waals surface area contributed by atoms with Crippen LogP contribution < -0.4 is 10.2 Å². The number of fused-ring (bicyclic) bond motifs is 2. The number of anilines is 1. The molecule has 0 spiro atoms. The minimum atomic E-state index is -1.40. The zero-order valence-electron chi connectivity index (χ0n) is 19.5. The van der Waals surface area contributed by atoms with Gasteiger partial charge in [0, 0.05) is 16.0 Å². The van der Waals surface area contributed by atoms with Gasteiger partial charge in [-0.05, 0) is 36.8 Å². The van der Waals surface area contributed by atoms with Gasteiger partial charge in [-0.2, -0.15) is 0 Å². The molecule has 4 amide bonds. The molecule has 7 nitrogen and oxygen atoms in total. The van der Waals surface area contributed by atoms with E-state index in [1.165, 1.54) is 0 Å². The number of thioether (sulfide) groups is 1. The summed E-state index contributed by atoms with van der Waals surface area (Å²) in [5.41, 5.74) is 1.00. The normalized spacial score (nSPS) is 21.5. The molecule has 3 aromatic carbocycles. The third kappa shape index (κ3) is 3.56. The van der Waals surface area contributed by atoms with Crippen LogP contribution in [0, 0.1) is 0 Å². The van der Waals surface area contributed by atoms with Gasteiger partial charge in [0.1, 0.15) is 17.9 Å². The summed E-state index contributed by atoms with van der Waals surface area (Å²) in [6.07, 6.45) is 0. The lowest BCUT2D eigenvalue weighted by molar-refractivity contribution is -0.134. The van der Waals surface area contributed by atoms with Gasteiger partial charge in [0.25, 0.3) is 5.91 Å². The van der Waals surface area contributed by atoms with Gasteiger partial charge in [0.05, 0.1) is 11.7 Å². The van der Waals surface area contributed by atoms with Crippen LogP contribution in [0.1, 0.15) is 24.3 Å². The Labute approximate surface area is 212 Å². The predicted octanol–water partition coefficient (Wildman–Crippen LogP) is 5.08. The van der Waals surface area contributed by atoms with E-state index in [1.807, 2.05) is 72.8 Å². The van der Waals surface area contributed by atoms with E-state index in [0.29, 0.717) is 17.1 Å². The van der Waals surface area contributed by atoms with Crippen LogP contribution in [0.2, 0.25) is 0 Å². The number of nitrogens with zero attached hydrogens (tertiary/aromatic N) is 2. The lowest BCUT2D eigenvalue weighted by atomic mass is 9.99. The number of amides is 4. The number of urea groups is 1. The van der Waals surface area contributed by atoms with Crippen molar-refractivity contribution >= 4 is 46.3 Å². The van der Waals surface area contributed by atoms with Gasteiger partial charge in [-0.15, -0.1) is 11.8 Å². The lowest BCUT2D eigenvalue weighted by Crippen LogP contribution is -2.47. The standard InChI is InChI=1S/C28H23N3O4S/c1-28(24-15-19-11-5-7-13-22(19)35-24)26(33)30(27(34)29-28)16-25(32)31-20-12-6-8-14-23(20)36-17-21(31)18-9-3-2-4-10-18/h2-15,21H,16-17H2,1H3,(H,29,34). The van der Waals surface area contributed by atoms with Crippen LogP contribution in [0.15, 0.2) is 94.2 Å². The van der Waals surface area contributed by atoms with Crippen LogP contribution in [0.5, 0.6) is 0 Å². The van der Waals surface area contributed by atoms with Gasteiger partial charge < -0.3 is 14.6 Å².